The maximum Gasteiger partial charge on any atom is 0.180 e. The molecule has 0 aliphatic heterocycles. The molecule has 2 aromatic rings. The van der Waals surface area contributed by atoms with Crippen molar-refractivity contribution < 1.29 is 9.47 Å². The van der Waals surface area contributed by atoms with E-state index < -0.39 is 0 Å². The van der Waals surface area contributed by atoms with Crippen molar-refractivity contribution in [2.24, 2.45) is 0 Å². The van der Waals surface area contributed by atoms with Crippen LogP contribution >= 0.6 is 11.6 Å². The summed E-state index contributed by atoms with van der Waals surface area (Å²) in [6.45, 7) is 6.78. The van der Waals surface area contributed by atoms with Crippen LogP contribution in [0.2, 0.25) is 5.02 Å². The second kappa shape index (κ2) is 8.23. The molecule has 0 bridgehead atoms. The van der Waals surface area contributed by atoms with Crippen molar-refractivity contribution in [2.75, 3.05) is 7.11 Å². The van der Waals surface area contributed by atoms with E-state index >= 15 is 0 Å². The first-order valence-electron chi connectivity index (χ1n) is 7.82. The van der Waals surface area contributed by atoms with Crippen molar-refractivity contribution in [3.05, 3.63) is 58.6 Å². The zero-order valence-corrected chi connectivity index (χ0v) is 14.9. The number of hydrogen-bond donors (Lipinski definition) is 1. The Kier molecular flexibility index (Phi) is 6.31. The number of nitrogens with one attached hydrogen (secondary N) is 1. The SMILES string of the molecule is COc1cc(CN[C@@H](C)c2ccccc2)cc(Cl)c1OC(C)C. The van der Waals surface area contributed by atoms with Crippen molar-refractivity contribution in [3.63, 3.8) is 0 Å². The fourth-order valence-corrected chi connectivity index (χ4v) is 2.63. The lowest BCUT2D eigenvalue weighted by Crippen LogP contribution is -2.18. The Bertz CT molecular complexity index is 629. The third-order valence-electron chi connectivity index (χ3n) is 3.55. The molecule has 0 aromatic heterocycles. The quantitative estimate of drug-likeness (QED) is 0.774. The summed E-state index contributed by atoms with van der Waals surface area (Å²) in [5.74, 6) is 1.26. The van der Waals surface area contributed by atoms with E-state index in [1.165, 1.54) is 5.56 Å². The smallest absolute Gasteiger partial charge is 0.180 e. The van der Waals surface area contributed by atoms with Gasteiger partial charge in [0.2, 0.25) is 0 Å². The Balaban J connectivity index is 2.10. The lowest BCUT2D eigenvalue weighted by molar-refractivity contribution is 0.230. The third-order valence-corrected chi connectivity index (χ3v) is 3.84. The Labute approximate surface area is 143 Å². The number of hydrogen-bond acceptors (Lipinski definition) is 3. The van der Waals surface area contributed by atoms with Gasteiger partial charge in [-0.1, -0.05) is 41.9 Å². The molecule has 23 heavy (non-hydrogen) atoms. The van der Waals surface area contributed by atoms with Gasteiger partial charge in [0.15, 0.2) is 11.5 Å². The minimum absolute atomic E-state index is 0.0449. The van der Waals surface area contributed by atoms with E-state index in [1.54, 1.807) is 7.11 Å². The first-order chi connectivity index (χ1) is 11.0. The van der Waals surface area contributed by atoms with Crippen LogP contribution in [0.3, 0.4) is 0 Å². The van der Waals surface area contributed by atoms with Gasteiger partial charge in [0.05, 0.1) is 18.2 Å². The van der Waals surface area contributed by atoms with Crippen molar-refractivity contribution in [3.8, 4) is 11.5 Å². The van der Waals surface area contributed by atoms with E-state index in [0.29, 0.717) is 23.1 Å². The molecule has 3 nitrogen and oxygen atoms in total. The van der Waals surface area contributed by atoms with Gasteiger partial charge in [-0.05, 0) is 44.0 Å². The Morgan fingerprint density at radius 1 is 1.09 bits per heavy atom. The molecule has 0 amide bonds. The number of benzene rings is 2. The van der Waals surface area contributed by atoms with Crippen LogP contribution < -0.4 is 14.8 Å². The van der Waals surface area contributed by atoms with Gasteiger partial charge < -0.3 is 14.8 Å². The zero-order valence-electron chi connectivity index (χ0n) is 14.1. The topological polar surface area (TPSA) is 30.5 Å². The Morgan fingerprint density at radius 3 is 2.39 bits per heavy atom. The van der Waals surface area contributed by atoms with E-state index in [-0.39, 0.29) is 12.1 Å². The van der Waals surface area contributed by atoms with Crippen LogP contribution in [0.25, 0.3) is 0 Å². The predicted octanol–water partition coefficient (Wildman–Crippen LogP) is 4.99. The van der Waals surface area contributed by atoms with Crippen LogP contribution in [0.1, 0.15) is 37.9 Å². The second-order valence-corrected chi connectivity index (χ2v) is 6.20. The Morgan fingerprint density at radius 2 is 1.78 bits per heavy atom. The van der Waals surface area contributed by atoms with E-state index in [1.807, 2.05) is 44.2 Å². The molecule has 0 unspecified atom stereocenters. The lowest BCUT2D eigenvalue weighted by atomic mass is 10.1. The van der Waals surface area contributed by atoms with Gasteiger partial charge in [0.25, 0.3) is 0 Å². The summed E-state index contributed by atoms with van der Waals surface area (Å²) in [4.78, 5) is 0. The average molecular weight is 334 g/mol. The molecule has 4 heteroatoms. The van der Waals surface area contributed by atoms with Crippen LogP contribution in [0, 0.1) is 0 Å². The minimum atomic E-state index is 0.0449. The molecule has 0 saturated carbocycles. The highest BCUT2D eigenvalue weighted by Crippen LogP contribution is 2.37. The first-order valence-corrected chi connectivity index (χ1v) is 8.20. The van der Waals surface area contributed by atoms with Crippen LogP contribution in [0.5, 0.6) is 11.5 Å². The molecule has 0 radical (unpaired) electrons. The minimum Gasteiger partial charge on any atom is -0.493 e. The third kappa shape index (κ3) is 4.88. The summed E-state index contributed by atoms with van der Waals surface area (Å²) in [6.07, 6.45) is 0.0449. The molecule has 0 spiro atoms. The van der Waals surface area contributed by atoms with Gasteiger partial charge >= 0.3 is 0 Å². The van der Waals surface area contributed by atoms with E-state index in [2.05, 4.69) is 24.4 Å². The molecule has 1 atom stereocenters. The fraction of sp³-hybridized carbons (Fsp3) is 0.368. The number of rotatable bonds is 7. The van der Waals surface area contributed by atoms with Gasteiger partial charge in [0.1, 0.15) is 0 Å². The summed E-state index contributed by atoms with van der Waals surface area (Å²) in [6, 6.07) is 14.5. The molecule has 0 heterocycles. The molecule has 0 fully saturated rings. The summed E-state index contributed by atoms with van der Waals surface area (Å²) in [5, 5.41) is 4.07. The van der Waals surface area contributed by atoms with Crippen LogP contribution in [-0.4, -0.2) is 13.2 Å². The molecule has 2 aromatic carbocycles. The van der Waals surface area contributed by atoms with E-state index in [4.69, 9.17) is 21.1 Å². The van der Waals surface area contributed by atoms with Crippen molar-refractivity contribution in [1.29, 1.82) is 0 Å². The molecular weight excluding hydrogens is 310 g/mol. The highest BCUT2D eigenvalue weighted by Gasteiger charge is 2.14. The summed E-state index contributed by atoms with van der Waals surface area (Å²) in [5.41, 5.74) is 2.32. The van der Waals surface area contributed by atoms with Crippen LogP contribution in [-0.2, 0) is 6.54 Å². The average Bonchev–Trinajstić information content (AvgIpc) is 2.55. The van der Waals surface area contributed by atoms with Crippen molar-refractivity contribution >= 4 is 11.6 Å². The molecule has 0 saturated heterocycles. The van der Waals surface area contributed by atoms with Crippen molar-refractivity contribution in [1.82, 2.24) is 5.32 Å². The maximum absolute atomic E-state index is 6.36. The molecular formula is C19H24ClNO2. The van der Waals surface area contributed by atoms with Crippen molar-refractivity contribution in [2.45, 2.75) is 39.5 Å². The van der Waals surface area contributed by atoms with E-state index in [0.717, 1.165) is 5.56 Å². The molecule has 0 aliphatic rings. The standard InChI is InChI=1S/C19H24ClNO2/c1-13(2)23-19-17(20)10-15(11-18(19)22-4)12-21-14(3)16-8-6-5-7-9-16/h5-11,13-14,21H,12H2,1-4H3/t14-/m0/s1. The number of ether oxygens (including phenoxy) is 2. The molecule has 0 aliphatic carbocycles. The second-order valence-electron chi connectivity index (χ2n) is 5.79. The largest absolute Gasteiger partial charge is 0.493 e. The zero-order chi connectivity index (χ0) is 16.8. The van der Waals surface area contributed by atoms with Gasteiger partial charge in [0, 0.05) is 12.6 Å². The highest BCUT2D eigenvalue weighted by atomic mass is 35.5. The maximum atomic E-state index is 6.36. The molecule has 2 rings (SSSR count). The van der Waals surface area contributed by atoms with Crippen LogP contribution in [0.4, 0.5) is 0 Å². The fourth-order valence-electron chi connectivity index (χ4n) is 2.36. The van der Waals surface area contributed by atoms with Gasteiger partial charge in [-0.3, -0.25) is 0 Å². The molecule has 1 N–H and O–H groups in total. The summed E-state index contributed by atoms with van der Waals surface area (Å²) < 4.78 is 11.2. The Hall–Kier alpha value is -1.71. The number of methoxy groups -OCH3 is 1. The monoisotopic (exact) mass is 333 g/mol. The van der Waals surface area contributed by atoms with Gasteiger partial charge in [-0.2, -0.15) is 0 Å². The summed E-state index contributed by atoms with van der Waals surface area (Å²) >= 11 is 6.36. The number of halogens is 1. The lowest BCUT2D eigenvalue weighted by Gasteiger charge is -2.18. The molecule has 124 valence electrons. The van der Waals surface area contributed by atoms with E-state index in [9.17, 15) is 0 Å². The normalized spacial score (nSPS) is 12.3. The van der Waals surface area contributed by atoms with Gasteiger partial charge in [-0.25, -0.2) is 0 Å². The van der Waals surface area contributed by atoms with Crippen LogP contribution in [0.15, 0.2) is 42.5 Å². The highest BCUT2D eigenvalue weighted by molar-refractivity contribution is 6.32. The predicted molar refractivity (Wildman–Crippen MR) is 95.5 cm³/mol. The summed E-state index contributed by atoms with van der Waals surface area (Å²) in [7, 11) is 1.63. The first kappa shape index (κ1) is 17.6. The van der Waals surface area contributed by atoms with Gasteiger partial charge in [-0.15, -0.1) is 0 Å².